The second kappa shape index (κ2) is 7.70. The van der Waals surface area contributed by atoms with Crippen LogP contribution in [0.4, 0.5) is 13.2 Å². The number of amides is 1. The monoisotopic (exact) mass is 407 g/mol. The molecule has 3 rings (SSSR count). The van der Waals surface area contributed by atoms with Gasteiger partial charge in [-0.05, 0) is 31.5 Å². The third-order valence-corrected chi connectivity index (χ3v) is 4.80. The molecule has 4 N–H and O–H groups in total. The van der Waals surface area contributed by atoms with Crippen LogP contribution in [0.15, 0.2) is 34.9 Å². The van der Waals surface area contributed by atoms with E-state index in [1.54, 1.807) is 14.0 Å². The van der Waals surface area contributed by atoms with Crippen LogP contribution in [0, 0.1) is 6.92 Å². The van der Waals surface area contributed by atoms with E-state index in [9.17, 15) is 18.0 Å². The first kappa shape index (κ1) is 20.6. The Balaban J connectivity index is 2.16. The highest BCUT2D eigenvalue weighted by Crippen LogP contribution is 2.39. The first-order chi connectivity index (χ1) is 13.6. The summed E-state index contributed by atoms with van der Waals surface area (Å²) < 4.78 is 47.3. The molecule has 0 aliphatic carbocycles. The average molecular weight is 407 g/mol. The van der Waals surface area contributed by atoms with Crippen molar-refractivity contribution >= 4 is 5.91 Å². The Kier molecular flexibility index (Phi) is 5.47. The minimum Gasteiger partial charge on any atom is -0.455 e. The summed E-state index contributed by atoms with van der Waals surface area (Å²) >= 11 is 0. The fourth-order valence-corrected chi connectivity index (χ4v) is 3.51. The number of halogens is 3. The summed E-state index contributed by atoms with van der Waals surface area (Å²) in [6.07, 6.45) is -3.09. The zero-order valence-corrected chi connectivity index (χ0v) is 15.8. The van der Waals surface area contributed by atoms with Gasteiger partial charge in [-0.25, -0.2) is 4.68 Å². The van der Waals surface area contributed by atoms with Gasteiger partial charge in [0.1, 0.15) is 5.76 Å². The van der Waals surface area contributed by atoms with Crippen LogP contribution in [0.1, 0.15) is 38.9 Å². The zero-order chi connectivity index (χ0) is 21.3. The van der Waals surface area contributed by atoms with Crippen molar-refractivity contribution < 1.29 is 22.4 Å². The highest BCUT2D eigenvalue weighted by atomic mass is 19.4. The number of aromatic nitrogens is 3. The Bertz CT molecular complexity index is 1040. The number of carbonyl (C=O) groups is 1. The molecule has 154 valence electrons. The van der Waals surface area contributed by atoms with Crippen LogP contribution in [0.25, 0.3) is 11.3 Å². The van der Waals surface area contributed by atoms with Crippen molar-refractivity contribution in [1.29, 1.82) is 0 Å². The van der Waals surface area contributed by atoms with Crippen LogP contribution in [0.2, 0.25) is 0 Å². The van der Waals surface area contributed by atoms with Gasteiger partial charge in [-0.2, -0.15) is 13.2 Å². The molecule has 1 aromatic carbocycles. The SMILES string of the molecule is Cc1oc(C(N)=O)c([C@@H](CN)Cc2ccccc2C(F)(F)F)c1-c1cnnn1C. The second-order valence-electron chi connectivity index (χ2n) is 6.67. The minimum absolute atomic E-state index is 0.0241. The molecule has 0 fully saturated rings. The molecule has 1 atom stereocenters. The molecular formula is C19H20F3N5O2. The topological polar surface area (TPSA) is 113 Å². The van der Waals surface area contributed by atoms with E-state index < -0.39 is 23.6 Å². The van der Waals surface area contributed by atoms with E-state index in [0.29, 0.717) is 22.6 Å². The van der Waals surface area contributed by atoms with Crippen molar-refractivity contribution in [2.24, 2.45) is 18.5 Å². The zero-order valence-electron chi connectivity index (χ0n) is 15.8. The molecule has 29 heavy (non-hydrogen) atoms. The van der Waals surface area contributed by atoms with Crippen LogP contribution < -0.4 is 11.5 Å². The quantitative estimate of drug-likeness (QED) is 0.652. The highest BCUT2D eigenvalue weighted by Gasteiger charge is 2.35. The van der Waals surface area contributed by atoms with Gasteiger partial charge in [0.15, 0.2) is 5.76 Å². The van der Waals surface area contributed by atoms with Crippen LogP contribution in [0.3, 0.4) is 0 Å². The van der Waals surface area contributed by atoms with Crippen molar-refractivity contribution in [2.45, 2.75) is 25.4 Å². The number of benzene rings is 1. The lowest BCUT2D eigenvalue weighted by Gasteiger charge is -2.20. The normalized spacial score (nSPS) is 12.9. The molecule has 0 bridgehead atoms. The molecule has 10 heteroatoms. The van der Waals surface area contributed by atoms with E-state index in [4.69, 9.17) is 15.9 Å². The van der Waals surface area contributed by atoms with Crippen molar-refractivity contribution in [2.75, 3.05) is 6.54 Å². The lowest BCUT2D eigenvalue weighted by molar-refractivity contribution is -0.138. The summed E-state index contributed by atoms with van der Waals surface area (Å²) in [4.78, 5) is 12.0. The molecule has 0 unspecified atom stereocenters. The van der Waals surface area contributed by atoms with Crippen molar-refractivity contribution in [3.8, 4) is 11.3 Å². The summed E-state index contributed by atoms with van der Waals surface area (Å²) in [6.45, 7) is 1.61. The van der Waals surface area contributed by atoms with Crippen LogP contribution in [-0.4, -0.2) is 27.4 Å². The number of hydrogen-bond acceptors (Lipinski definition) is 5. The molecule has 0 saturated heterocycles. The maximum absolute atomic E-state index is 13.4. The third-order valence-electron chi connectivity index (χ3n) is 4.80. The molecule has 2 heterocycles. The van der Waals surface area contributed by atoms with Gasteiger partial charge in [0, 0.05) is 24.1 Å². The Morgan fingerprint density at radius 2 is 2.00 bits per heavy atom. The first-order valence-corrected chi connectivity index (χ1v) is 8.78. The number of nitrogens with two attached hydrogens (primary N) is 2. The van der Waals surface area contributed by atoms with E-state index in [-0.39, 0.29) is 24.3 Å². The van der Waals surface area contributed by atoms with Gasteiger partial charge >= 0.3 is 6.18 Å². The van der Waals surface area contributed by atoms with E-state index in [1.807, 2.05) is 0 Å². The van der Waals surface area contributed by atoms with Crippen LogP contribution >= 0.6 is 0 Å². The van der Waals surface area contributed by atoms with Crippen LogP contribution in [-0.2, 0) is 19.6 Å². The lowest BCUT2D eigenvalue weighted by atomic mass is 9.86. The van der Waals surface area contributed by atoms with Crippen molar-refractivity contribution in [3.63, 3.8) is 0 Å². The molecule has 0 saturated carbocycles. The molecular weight excluding hydrogens is 387 g/mol. The number of aryl methyl sites for hydroxylation is 2. The van der Waals surface area contributed by atoms with Gasteiger partial charge in [-0.1, -0.05) is 23.4 Å². The van der Waals surface area contributed by atoms with Gasteiger partial charge in [-0.3, -0.25) is 4.79 Å². The fourth-order valence-electron chi connectivity index (χ4n) is 3.51. The molecule has 0 aliphatic rings. The Labute approximate surface area is 164 Å². The van der Waals surface area contributed by atoms with Gasteiger partial charge in [-0.15, -0.1) is 5.10 Å². The summed E-state index contributed by atoms with van der Waals surface area (Å²) in [5, 5.41) is 7.70. The largest absolute Gasteiger partial charge is 0.455 e. The number of alkyl halides is 3. The first-order valence-electron chi connectivity index (χ1n) is 8.78. The summed E-state index contributed by atoms with van der Waals surface area (Å²) in [5.41, 5.74) is 12.1. The number of carbonyl (C=O) groups excluding carboxylic acids is 1. The van der Waals surface area contributed by atoms with E-state index in [2.05, 4.69) is 10.3 Å². The number of primary amides is 1. The van der Waals surface area contributed by atoms with E-state index in [0.717, 1.165) is 6.07 Å². The number of nitrogens with zero attached hydrogens (tertiary/aromatic N) is 3. The second-order valence-corrected chi connectivity index (χ2v) is 6.67. The van der Waals surface area contributed by atoms with Gasteiger partial charge < -0.3 is 15.9 Å². The minimum atomic E-state index is -4.51. The number of rotatable bonds is 6. The molecule has 7 nitrogen and oxygen atoms in total. The summed E-state index contributed by atoms with van der Waals surface area (Å²) in [7, 11) is 1.65. The fraction of sp³-hybridized carbons (Fsp3) is 0.316. The number of hydrogen-bond donors (Lipinski definition) is 2. The van der Waals surface area contributed by atoms with E-state index in [1.165, 1.54) is 29.1 Å². The predicted molar refractivity (Wildman–Crippen MR) is 98.9 cm³/mol. The van der Waals surface area contributed by atoms with Crippen molar-refractivity contribution in [1.82, 2.24) is 15.0 Å². The average Bonchev–Trinajstić information content (AvgIpc) is 3.21. The molecule has 0 radical (unpaired) electrons. The van der Waals surface area contributed by atoms with Crippen molar-refractivity contribution in [3.05, 3.63) is 58.7 Å². The molecule has 0 spiro atoms. The van der Waals surface area contributed by atoms with Crippen LogP contribution in [0.5, 0.6) is 0 Å². The molecule has 2 aromatic heterocycles. The number of furan rings is 1. The maximum atomic E-state index is 13.4. The smallest absolute Gasteiger partial charge is 0.416 e. The molecule has 1 amide bonds. The molecule has 3 aromatic rings. The Morgan fingerprint density at radius 3 is 2.55 bits per heavy atom. The van der Waals surface area contributed by atoms with E-state index >= 15 is 0 Å². The predicted octanol–water partition coefficient (Wildman–Crippen LogP) is 2.79. The maximum Gasteiger partial charge on any atom is 0.416 e. The lowest BCUT2D eigenvalue weighted by Crippen LogP contribution is -2.22. The Hall–Kier alpha value is -3.14. The molecule has 0 aliphatic heterocycles. The Morgan fingerprint density at radius 1 is 1.31 bits per heavy atom. The third kappa shape index (κ3) is 3.88. The van der Waals surface area contributed by atoms with Gasteiger partial charge in [0.25, 0.3) is 5.91 Å². The van der Waals surface area contributed by atoms with Gasteiger partial charge in [0.05, 0.1) is 17.5 Å². The standard InChI is InChI=1S/C19H20F3N5O2/c1-10-15(14-9-25-26-27(14)2)16(17(29-10)18(24)28)12(8-23)7-11-5-3-4-6-13(11)19(20,21)22/h3-6,9,12H,7-8,23H2,1-2H3,(H2,24,28)/t12-/m1/s1. The van der Waals surface area contributed by atoms with Gasteiger partial charge in [0.2, 0.25) is 0 Å². The summed E-state index contributed by atoms with van der Waals surface area (Å²) in [6, 6.07) is 5.27. The highest BCUT2D eigenvalue weighted by molar-refractivity contribution is 5.94. The summed E-state index contributed by atoms with van der Waals surface area (Å²) in [5.74, 6) is -1.23.